The van der Waals surface area contributed by atoms with E-state index in [2.05, 4.69) is 0 Å². The highest BCUT2D eigenvalue weighted by molar-refractivity contribution is 6.33. The van der Waals surface area contributed by atoms with Gasteiger partial charge in [0.05, 0.1) is 29.5 Å². The first kappa shape index (κ1) is 26.6. The van der Waals surface area contributed by atoms with Crippen molar-refractivity contribution in [3.8, 4) is 5.75 Å². The summed E-state index contributed by atoms with van der Waals surface area (Å²) in [6.07, 6.45) is -0.0522. The van der Waals surface area contributed by atoms with Gasteiger partial charge < -0.3 is 21.1 Å². The Balaban J connectivity index is 1.81. The highest BCUT2D eigenvalue weighted by atomic mass is 16.3. The van der Waals surface area contributed by atoms with Crippen molar-refractivity contribution in [1.29, 1.82) is 0 Å². The second-order valence-electron chi connectivity index (χ2n) is 10.7. The molecule has 0 heterocycles. The highest BCUT2D eigenvalue weighted by Crippen LogP contribution is 2.54. The molecule has 0 bridgehead atoms. The number of aliphatic hydroxyl groups is 2. The molecule has 7 atom stereocenters. The van der Waals surface area contributed by atoms with Crippen molar-refractivity contribution in [2.24, 2.45) is 29.4 Å². The molecule has 202 valence electrons. The van der Waals surface area contributed by atoms with Gasteiger partial charge in [-0.3, -0.25) is 28.9 Å². The van der Waals surface area contributed by atoms with Crippen LogP contribution in [0.2, 0.25) is 0 Å². The topological polar surface area (TPSA) is 175 Å². The van der Waals surface area contributed by atoms with E-state index in [1.807, 2.05) is 19.1 Å². The Bertz CT molecular complexity index is 1490. The molecule has 2 aromatic carbocycles. The third-order valence-corrected chi connectivity index (χ3v) is 8.37. The highest BCUT2D eigenvalue weighted by Gasteiger charge is 2.72. The number of carbonyl (C=O) groups is 5. The number of phenolic OH excluding ortho intramolecular Hbond substituents is 1. The molecule has 0 saturated heterocycles. The van der Waals surface area contributed by atoms with Crippen LogP contribution in [0, 0.1) is 30.6 Å². The summed E-state index contributed by atoms with van der Waals surface area (Å²) < 4.78 is 0. The quantitative estimate of drug-likeness (QED) is 0.401. The molecular formula is C29H28N2O8. The van der Waals surface area contributed by atoms with E-state index >= 15 is 0 Å². The van der Waals surface area contributed by atoms with Gasteiger partial charge in [0.15, 0.2) is 34.7 Å². The number of likely N-dealkylation sites (N-methyl/N-ethyl adjacent to an activating group) is 1. The Labute approximate surface area is 223 Å². The van der Waals surface area contributed by atoms with E-state index in [1.165, 1.54) is 31.1 Å². The molecule has 5 rings (SSSR count). The summed E-state index contributed by atoms with van der Waals surface area (Å²) in [4.78, 5) is 68.2. The van der Waals surface area contributed by atoms with Crippen LogP contribution in [0.4, 0.5) is 0 Å². The number of amides is 1. The zero-order chi connectivity index (χ0) is 28.5. The number of primary amides is 1. The normalized spacial score (nSPS) is 33.1. The zero-order valence-corrected chi connectivity index (χ0v) is 21.5. The second kappa shape index (κ2) is 9.04. The first-order chi connectivity index (χ1) is 18.3. The summed E-state index contributed by atoms with van der Waals surface area (Å²) in [5.74, 6) is -13.1. The van der Waals surface area contributed by atoms with Crippen LogP contribution in [0.15, 0.2) is 42.5 Å². The fourth-order valence-electron chi connectivity index (χ4n) is 6.59. The third-order valence-electron chi connectivity index (χ3n) is 8.37. The lowest BCUT2D eigenvalue weighted by Gasteiger charge is -2.55. The molecule has 0 aliphatic heterocycles. The number of benzene rings is 2. The van der Waals surface area contributed by atoms with Gasteiger partial charge in [0.1, 0.15) is 5.75 Å². The van der Waals surface area contributed by atoms with Crippen molar-refractivity contribution in [3.05, 3.63) is 64.7 Å². The summed E-state index contributed by atoms with van der Waals surface area (Å²) in [5, 5.41) is 34.3. The number of nitrogens with zero attached hydrogens (tertiary/aromatic N) is 1. The van der Waals surface area contributed by atoms with E-state index in [0.717, 1.165) is 5.56 Å². The summed E-state index contributed by atoms with van der Waals surface area (Å²) >= 11 is 0. The maximum absolute atomic E-state index is 14.1. The summed E-state index contributed by atoms with van der Waals surface area (Å²) in [7, 11) is 2.90. The third kappa shape index (κ3) is 3.55. The SMILES string of the molecule is Cc1ccccc1/C=C1\c2cccc(O)c2C(=O)C2C(=O)C3(O)C(=O)C(C(N)=O)C(=O)C(N(C)C)C3C(O)C12. The van der Waals surface area contributed by atoms with Crippen LogP contribution in [0.25, 0.3) is 11.6 Å². The van der Waals surface area contributed by atoms with Crippen molar-refractivity contribution in [2.75, 3.05) is 14.1 Å². The number of phenols is 1. The molecule has 0 spiro atoms. The lowest BCUT2D eigenvalue weighted by molar-refractivity contribution is -0.192. The number of aromatic hydroxyl groups is 1. The summed E-state index contributed by atoms with van der Waals surface area (Å²) in [6.45, 7) is 1.85. The van der Waals surface area contributed by atoms with Gasteiger partial charge in [0, 0.05) is 5.92 Å². The van der Waals surface area contributed by atoms with E-state index in [0.29, 0.717) is 11.1 Å². The Morgan fingerprint density at radius 1 is 1.03 bits per heavy atom. The number of fused-ring (bicyclic) bond motifs is 3. The van der Waals surface area contributed by atoms with Crippen LogP contribution >= 0.6 is 0 Å². The average molecular weight is 533 g/mol. The number of aryl methyl sites for hydroxylation is 1. The van der Waals surface area contributed by atoms with Gasteiger partial charge in [0.2, 0.25) is 5.91 Å². The van der Waals surface area contributed by atoms with Gasteiger partial charge in [-0.25, -0.2) is 0 Å². The maximum atomic E-state index is 14.1. The van der Waals surface area contributed by atoms with Gasteiger partial charge in [-0.15, -0.1) is 0 Å². The smallest absolute Gasteiger partial charge is 0.235 e. The van der Waals surface area contributed by atoms with Crippen LogP contribution in [-0.4, -0.2) is 81.1 Å². The molecule has 39 heavy (non-hydrogen) atoms. The van der Waals surface area contributed by atoms with Crippen molar-refractivity contribution in [3.63, 3.8) is 0 Å². The van der Waals surface area contributed by atoms with Crippen molar-refractivity contribution in [1.82, 2.24) is 4.90 Å². The lowest BCUT2D eigenvalue weighted by atomic mass is 9.50. The number of ketones is 4. The number of carbonyl (C=O) groups excluding carboxylic acids is 5. The van der Waals surface area contributed by atoms with Crippen LogP contribution in [0.5, 0.6) is 5.75 Å². The summed E-state index contributed by atoms with van der Waals surface area (Å²) in [5.41, 5.74) is 4.29. The molecule has 0 radical (unpaired) electrons. The van der Waals surface area contributed by atoms with Gasteiger partial charge >= 0.3 is 0 Å². The Morgan fingerprint density at radius 2 is 1.69 bits per heavy atom. The number of hydrogen-bond donors (Lipinski definition) is 4. The minimum Gasteiger partial charge on any atom is -0.507 e. The van der Waals surface area contributed by atoms with Crippen LogP contribution in [0.1, 0.15) is 27.0 Å². The van der Waals surface area contributed by atoms with Gasteiger partial charge in [0.25, 0.3) is 0 Å². The fourth-order valence-corrected chi connectivity index (χ4v) is 6.59. The van der Waals surface area contributed by atoms with Crippen LogP contribution in [-0.2, 0) is 19.2 Å². The van der Waals surface area contributed by atoms with E-state index in [4.69, 9.17) is 5.73 Å². The van der Waals surface area contributed by atoms with Crippen LogP contribution < -0.4 is 5.73 Å². The number of Topliss-reactive ketones (excluding diaryl/α,β-unsaturated/α-hetero) is 4. The van der Waals surface area contributed by atoms with Gasteiger partial charge in [-0.05, 0) is 49.3 Å². The number of rotatable bonds is 3. The van der Waals surface area contributed by atoms with E-state index in [9.17, 15) is 39.3 Å². The maximum Gasteiger partial charge on any atom is 0.235 e. The molecule has 3 aliphatic rings. The molecule has 5 N–H and O–H groups in total. The molecular weight excluding hydrogens is 504 g/mol. The lowest BCUT2D eigenvalue weighted by Crippen LogP contribution is -2.77. The molecule has 7 unspecified atom stereocenters. The second-order valence-corrected chi connectivity index (χ2v) is 10.7. The Morgan fingerprint density at radius 3 is 2.31 bits per heavy atom. The van der Waals surface area contributed by atoms with Gasteiger partial charge in [-0.1, -0.05) is 42.5 Å². The summed E-state index contributed by atoms with van der Waals surface area (Å²) in [6, 6.07) is 10.2. The largest absolute Gasteiger partial charge is 0.507 e. The first-order valence-corrected chi connectivity index (χ1v) is 12.5. The Hall–Kier alpha value is -3.99. The average Bonchev–Trinajstić information content (AvgIpc) is 2.86. The van der Waals surface area contributed by atoms with Crippen molar-refractivity contribution in [2.45, 2.75) is 24.7 Å². The molecule has 2 saturated carbocycles. The number of hydrogen-bond acceptors (Lipinski definition) is 9. The fraction of sp³-hybridized carbons (Fsp3) is 0.345. The standard InChI is InChI=1S/C29H28N2O8/c1-12-7-4-5-8-13(12)11-15-14-9-6-10-16(32)17(14)23(33)19-18(15)24(34)21-22(31(2)3)25(35)20(28(30)38)27(37)29(21,39)26(19)36/h4-11,18-22,24,32,34,39H,1-3H3,(H2,30,38)/b15-11+. The van der Waals surface area contributed by atoms with Crippen LogP contribution in [0.3, 0.4) is 0 Å². The molecule has 1 amide bonds. The first-order valence-electron chi connectivity index (χ1n) is 12.5. The Kier molecular flexibility index (Phi) is 6.17. The molecule has 3 aliphatic carbocycles. The van der Waals surface area contributed by atoms with Crippen molar-refractivity contribution >= 4 is 40.7 Å². The van der Waals surface area contributed by atoms with E-state index < -0.39 is 76.2 Å². The number of nitrogens with two attached hydrogens (primary N) is 1. The molecule has 0 aromatic heterocycles. The molecule has 2 fully saturated rings. The van der Waals surface area contributed by atoms with Gasteiger partial charge in [-0.2, -0.15) is 0 Å². The molecule has 10 heteroatoms. The number of aliphatic hydroxyl groups excluding tert-OH is 1. The predicted molar refractivity (Wildman–Crippen MR) is 138 cm³/mol. The minimum atomic E-state index is -3.05. The minimum absolute atomic E-state index is 0.184. The van der Waals surface area contributed by atoms with E-state index in [-0.39, 0.29) is 11.1 Å². The van der Waals surface area contributed by atoms with E-state index in [1.54, 1.807) is 24.3 Å². The van der Waals surface area contributed by atoms with Crippen molar-refractivity contribution < 1.29 is 39.3 Å². The molecule has 10 nitrogen and oxygen atoms in total. The zero-order valence-electron chi connectivity index (χ0n) is 21.5. The predicted octanol–water partition coefficient (Wildman–Crippen LogP) is 0.144. The monoisotopic (exact) mass is 532 g/mol. The molecule has 2 aromatic rings.